The number of anilines is 1. The van der Waals surface area contributed by atoms with Crippen LogP contribution in [0, 0.1) is 6.92 Å². The molecule has 0 aromatic heterocycles. The number of carbonyl (C=O) groups excluding carboxylic acids is 4. The molecule has 0 fully saturated rings. The van der Waals surface area contributed by atoms with E-state index in [0.29, 0.717) is 24.3 Å². The van der Waals surface area contributed by atoms with Gasteiger partial charge in [-0.1, -0.05) is 36.4 Å². The molecule has 1 aliphatic rings. The number of ether oxygens (including phenoxy) is 1. The number of benzene rings is 2. The summed E-state index contributed by atoms with van der Waals surface area (Å²) in [6, 6.07) is 13.3. The van der Waals surface area contributed by atoms with Crippen LogP contribution < -0.4 is 10.2 Å². The molecule has 3 amide bonds. The highest BCUT2D eigenvalue weighted by Gasteiger charge is 2.28. The Morgan fingerprint density at radius 2 is 1.62 bits per heavy atom. The van der Waals surface area contributed by atoms with Gasteiger partial charge in [-0.2, -0.15) is 0 Å². The average Bonchev–Trinajstić information content (AvgIpc) is 3.33. The Balaban J connectivity index is 1.72. The molecule has 10 nitrogen and oxygen atoms in total. The predicted molar refractivity (Wildman–Crippen MR) is 163 cm³/mol. The zero-order valence-electron chi connectivity index (χ0n) is 26.2. The molecule has 0 radical (unpaired) electrons. The molecule has 3 rings (SSSR count). The third-order valence-corrected chi connectivity index (χ3v) is 7.15. The lowest BCUT2D eigenvalue weighted by Gasteiger charge is -2.32. The van der Waals surface area contributed by atoms with Crippen LogP contribution in [0.5, 0.6) is 0 Å². The van der Waals surface area contributed by atoms with Crippen LogP contribution in [0.3, 0.4) is 0 Å². The molecule has 0 saturated carbocycles. The number of carbonyl (C=O) groups is 4. The van der Waals surface area contributed by atoms with Gasteiger partial charge in [0.2, 0.25) is 5.91 Å². The molecule has 2 aromatic rings. The Labute approximate surface area is 249 Å². The lowest BCUT2D eigenvalue weighted by Crippen LogP contribution is -2.49. The molecular weight excluding hydrogens is 534 g/mol. The normalized spacial score (nSPS) is 13.0. The highest BCUT2D eigenvalue weighted by atomic mass is 16.6. The number of fused-ring (bicyclic) bond motifs is 1. The predicted octanol–water partition coefficient (Wildman–Crippen LogP) is 4.15. The topological polar surface area (TPSA) is 102 Å². The fourth-order valence-electron chi connectivity index (χ4n) is 4.77. The van der Waals surface area contributed by atoms with E-state index in [1.54, 1.807) is 34.0 Å². The van der Waals surface area contributed by atoms with Crippen LogP contribution >= 0.6 is 0 Å². The summed E-state index contributed by atoms with van der Waals surface area (Å²) in [7, 11) is 1.74. The van der Waals surface area contributed by atoms with Crippen LogP contribution in [0.4, 0.5) is 10.5 Å². The van der Waals surface area contributed by atoms with Gasteiger partial charge in [0.1, 0.15) is 5.60 Å². The molecule has 0 aliphatic carbocycles. The quantitative estimate of drug-likeness (QED) is 0.399. The summed E-state index contributed by atoms with van der Waals surface area (Å²) in [4.78, 5) is 54.8. The summed E-state index contributed by atoms with van der Waals surface area (Å²) >= 11 is 0. The van der Waals surface area contributed by atoms with E-state index in [1.165, 1.54) is 18.1 Å². The van der Waals surface area contributed by atoms with Crippen LogP contribution in [-0.2, 0) is 27.4 Å². The number of rotatable bonds is 11. The fourth-order valence-corrected chi connectivity index (χ4v) is 4.77. The summed E-state index contributed by atoms with van der Waals surface area (Å²) in [5.74, 6) is -0.589. The Hall–Kier alpha value is -3.92. The van der Waals surface area contributed by atoms with E-state index < -0.39 is 11.7 Å². The third-order valence-electron chi connectivity index (χ3n) is 7.15. The minimum atomic E-state index is -0.627. The molecule has 2 aromatic carbocycles. The number of Topliss-reactive ketones (excluding diaryl/α,β-unsaturated/α-hetero) is 1. The monoisotopic (exact) mass is 579 g/mol. The zero-order chi connectivity index (χ0) is 31.2. The van der Waals surface area contributed by atoms with E-state index in [2.05, 4.69) is 17.4 Å². The summed E-state index contributed by atoms with van der Waals surface area (Å²) in [5, 5.41) is 6.46. The Kier molecular flexibility index (Phi) is 10.7. The zero-order valence-corrected chi connectivity index (χ0v) is 26.2. The van der Waals surface area contributed by atoms with Gasteiger partial charge in [0.15, 0.2) is 5.78 Å². The lowest BCUT2D eigenvalue weighted by molar-refractivity contribution is -0.145. The van der Waals surface area contributed by atoms with E-state index in [4.69, 9.17) is 4.74 Å². The van der Waals surface area contributed by atoms with E-state index in [-0.39, 0.29) is 49.8 Å². The molecular formula is C32H45N5O5. The second-order valence-corrected chi connectivity index (χ2v) is 12.0. The van der Waals surface area contributed by atoms with Gasteiger partial charge in [-0.15, -0.1) is 0 Å². The third kappa shape index (κ3) is 8.79. The molecule has 0 atom stereocenters. The number of aryl methyl sites for hydroxylation is 1. The standard InChI is InChI=1S/C32H45N5O5/c1-22(2)37(31(41)42-32(5,6)7)16-15-33-29(39)20-35(28-17-25(24(4)38)14-13-23(28)3)21-30(40)34(8)36-18-26-11-9-10-12-27(26)19-36/h9-14,17,22H,15-16,18-21H2,1-8H3,(H,33,39). The van der Waals surface area contributed by atoms with Crippen molar-refractivity contribution in [3.8, 4) is 0 Å². The molecule has 10 heteroatoms. The molecule has 0 spiro atoms. The van der Waals surface area contributed by atoms with Crippen molar-refractivity contribution in [3.05, 3.63) is 64.7 Å². The maximum Gasteiger partial charge on any atom is 0.410 e. The van der Waals surface area contributed by atoms with Crippen molar-refractivity contribution in [2.75, 3.05) is 38.1 Å². The summed E-state index contributed by atoms with van der Waals surface area (Å²) in [6.07, 6.45) is -0.442. The first-order chi connectivity index (χ1) is 19.7. The molecule has 0 saturated heterocycles. The molecule has 228 valence electrons. The second-order valence-electron chi connectivity index (χ2n) is 12.0. The van der Waals surface area contributed by atoms with Crippen molar-refractivity contribution < 1.29 is 23.9 Å². The van der Waals surface area contributed by atoms with Crippen LogP contribution in [0.1, 0.15) is 68.6 Å². The van der Waals surface area contributed by atoms with Crippen molar-refractivity contribution in [2.24, 2.45) is 0 Å². The van der Waals surface area contributed by atoms with Crippen LogP contribution in [0.15, 0.2) is 42.5 Å². The van der Waals surface area contributed by atoms with Crippen molar-refractivity contribution in [2.45, 2.75) is 73.2 Å². The Morgan fingerprint density at radius 1 is 1.00 bits per heavy atom. The van der Waals surface area contributed by atoms with Crippen molar-refractivity contribution >= 4 is 29.4 Å². The summed E-state index contributed by atoms with van der Waals surface area (Å²) in [6.45, 7) is 14.2. The van der Waals surface area contributed by atoms with Gasteiger partial charge in [-0.3, -0.25) is 19.4 Å². The number of nitrogens with one attached hydrogen (secondary N) is 1. The van der Waals surface area contributed by atoms with Crippen LogP contribution in [0.25, 0.3) is 0 Å². The van der Waals surface area contributed by atoms with Gasteiger partial charge < -0.3 is 19.9 Å². The minimum Gasteiger partial charge on any atom is -0.444 e. The van der Waals surface area contributed by atoms with Crippen molar-refractivity contribution in [1.82, 2.24) is 20.2 Å². The van der Waals surface area contributed by atoms with Crippen LogP contribution in [0.2, 0.25) is 0 Å². The van der Waals surface area contributed by atoms with E-state index in [1.807, 2.05) is 64.8 Å². The van der Waals surface area contributed by atoms with Crippen molar-refractivity contribution in [3.63, 3.8) is 0 Å². The first kappa shape index (κ1) is 32.6. The lowest BCUT2D eigenvalue weighted by atomic mass is 10.1. The molecule has 42 heavy (non-hydrogen) atoms. The number of likely N-dealkylation sites (N-methyl/N-ethyl adjacent to an activating group) is 1. The molecule has 0 unspecified atom stereocenters. The van der Waals surface area contributed by atoms with Crippen molar-refractivity contribution in [1.29, 1.82) is 0 Å². The molecule has 1 heterocycles. The molecule has 1 aliphatic heterocycles. The summed E-state index contributed by atoms with van der Waals surface area (Å²) < 4.78 is 5.51. The second kappa shape index (κ2) is 13.8. The van der Waals surface area contributed by atoms with Gasteiger partial charge in [0.05, 0.1) is 13.1 Å². The van der Waals surface area contributed by atoms with E-state index in [0.717, 1.165) is 5.56 Å². The average molecular weight is 580 g/mol. The number of amides is 3. The smallest absolute Gasteiger partial charge is 0.410 e. The first-order valence-electron chi connectivity index (χ1n) is 14.4. The van der Waals surface area contributed by atoms with E-state index in [9.17, 15) is 19.2 Å². The minimum absolute atomic E-state index is 0.0605. The van der Waals surface area contributed by atoms with Crippen LogP contribution in [-0.4, -0.2) is 83.5 Å². The van der Waals surface area contributed by atoms with Gasteiger partial charge in [0.25, 0.3) is 5.91 Å². The summed E-state index contributed by atoms with van der Waals surface area (Å²) in [5.41, 5.74) is 3.72. The first-order valence-corrected chi connectivity index (χ1v) is 14.4. The van der Waals surface area contributed by atoms with Gasteiger partial charge in [0, 0.05) is 50.5 Å². The van der Waals surface area contributed by atoms with Gasteiger partial charge >= 0.3 is 6.09 Å². The Morgan fingerprint density at radius 3 is 2.17 bits per heavy atom. The Bertz CT molecular complexity index is 1280. The maximum atomic E-state index is 13.5. The largest absolute Gasteiger partial charge is 0.444 e. The highest BCUT2D eigenvalue weighted by Crippen LogP contribution is 2.25. The number of hydrogen-bond acceptors (Lipinski definition) is 7. The number of hydrogen-bond donors (Lipinski definition) is 1. The molecule has 0 bridgehead atoms. The number of hydrazine groups is 1. The fraction of sp³-hybridized carbons (Fsp3) is 0.500. The van der Waals surface area contributed by atoms with Gasteiger partial charge in [-0.25, -0.2) is 9.80 Å². The molecule has 1 N–H and O–H groups in total. The maximum absolute atomic E-state index is 13.5. The number of ketones is 1. The highest BCUT2D eigenvalue weighted by molar-refractivity contribution is 5.96. The number of nitrogens with zero attached hydrogens (tertiary/aromatic N) is 4. The van der Waals surface area contributed by atoms with Gasteiger partial charge in [-0.05, 0) is 71.2 Å². The van der Waals surface area contributed by atoms with E-state index >= 15 is 0 Å². The SMILES string of the molecule is CC(=O)c1ccc(C)c(N(CC(=O)NCCN(C(=O)OC(C)(C)C)C(C)C)CC(=O)N(C)N2Cc3ccccc3C2)c1.